The highest BCUT2D eigenvalue weighted by atomic mass is 16.2. The first kappa shape index (κ1) is 17.5. The predicted octanol–water partition coefficient (Wildman–Crippen LogP) is 2.88. The van der Waals surface area contributed by atoms with Gasteiger partial charge in [0, 0.05) is 31.0 Å². The molecule has 0 saturated carbocycles. The number of benzene rings is 1. The number of hydrogen-bond acceptors (Lipinski definition) is 4. The number of carbonyl (C=O) groups is 1. The zero-order valence-electron chi connectivity index (χ0n) is 15.0. The lowest BCUT2D eigenvalue weighted by atomic mass is 10.1. The first-order chi connectivity index (χ1) is 12.1. The number of amides is 1. The number of nitrogens with zero attached hydrogens (tertiary/aromatic N) is 3. The zero-order chi connectivity index (χ0) is 17.6. The van der Waals surface area contributed by atoms with E-state index >= 15 is 0 Å². The SMILES string of the molecule is CC(C)CNC(=O)C1CCCN1Cc1ccc(-c2cncnc2)cc1. The summed E-state index contributed by atoms with van der Waals surface area (Å²) in [5, 5.41) is 3.08. The van der Waals surface area contributed by atoms with Gasteiger partial charge in [0.25, 0.3) is 0 Å². The van der Waals surface area contributed by atoms with E-state index in [1.165, 1.54) is 11.9 Å². The minimum absolute atomic E-state index is 0.000880. The highest BCUT2D eigenvalue weighted by Crippen LogP contribution is 2.22. The molecule has 2 heterocycles. The van der Waals surface area contributed by atoms with E-state index in [0.29, 0.717) is 5.92 Å². The van der Waals surface area contributed by atoms with E-state index in [2.05, 4.69) is 58.3 Å². The molecule has 0 aliphatic carbocycles. The van der Waals surface area contributed by atoms with Crippen molar-refractivity contribution in [1.29, 1.82) is 0 Å². The van der Waals surface area contributed by atoms with E-state index in [1.54, 1.807) is 0 Å². The molecule has 1 aromatic heterocycles. The molecule has 1 saturated heterocycles. The van der Waals surface area contributed by atoms with Gasteiger partial charge in [0.1, 0.15) is 6.33 Å². The summed E-state index contributed by atoms with van der Waals surface area (Å²) in [6, 6.07) is 8.45. The second-order valence-electron chi connectivity index (χ2n) is 7.09. The maximum atomic E-state index is 12.4. The van der Waals surface area contributed by atoms with E-state index in [-0.39, 0.29) is 11.9 Å². The van der Waals surface area contributed by atoms with Crippen molar-refractivity contribution in [1.82, 2.24) is 20.2 Å². The van der Waals surface area contributed by atoms with Gasteiger partial charge in [0.2, 0.25) is 5.91 Å². The number of nitrogens with one attached hydrogen (secondary N) is 1. The quantitative estimate of drug-likeness (QED) is 0.880. The molecule has 0 spiro atoms. The maximum Gasteiger partial charge on any atom is 0.237 e. The van der Waals surface area contributed by atoms with Crippen LogP contribution in [0.1, 0.15) is 32.3 Å². The van der Waals surface area contributed by atoms with Gasteiger partial charge < -0.3 is 5.32 Å². The van der Waals surface area contributed by atoms with Crippen LogP contribution in [0.3, 0.4) is 0 Å². The predicted molar refractivity (Wildman–Crippen MR) is 98.7 cm³/mol. The average molecular weight is 338 g/mol. The van der Waals surface area contributed by atoms with Crippen molar-refractivity contribution < 1.29 is 4.79 Å². The van der Waals surface area contributed by atoms with Gasteiger partial charge in [0.05, 0.1) is 6.04 Å². The van der Waals surface area contributed by atoms with Gasteiger partial charge in [-0.3, -0.25) is 9.69 Å². The van der Waals surface area contributed by atoms with Crippen LogP contribution in [0.4, 0.5) is 0 Å². The highest BCUT2D eigenvalue weighted by Gasteiger charge is 2.30. The largest absolute Gasteiger partial charge is 0.354 e. The number of likely N-dealkylation sites (tertiary alicyclic amines) is 1. The van der Waals surface area contributed by atoms with Gasteiger partial charge in [-0.2, -0.15) is 0 Å². The molecule has 1 amide bonds. The molecule has 3 rings (SSSR count). The molecule has 1 aliphatic rings. The highest BCUT2D eigenvalue weighted by molar-refractivity contribution is 5.82. The fraction of sp³-hybridized carbons (Fsp3) is 0.450. The molecular weight excluding hydrogens is 312 g/mol. The molecule has 132 valence electrons. The lowest BCUT2D eigenvalue weighted by Gasteiger charge is -2.24. The van der Waals surface area contributed by atoms with Crippen LogP contribution in [0.5, 0.6) is 0 Å². The Morgan fingerprint density at radius 2 is 1.92 bits per heavy atom. The van der Waals surface area contributed by atoms with Crippen molar-refractivity contribution in [3.8, 4) is 11.1 Å². The Labute approximate surface area is 149 Å². The molecule has 1 aliphatic heterocycles. The topological polar surface area (TPSA) is 58.1 Å². The monoisotopic (exact) mass is 338 g/mol. The Hall–Kier alpha value is -2.27. The minimum atomic E-state index is 0.000880. The van der Waals surface area contributed by atoms with Crippen LogP contribution in [0.15, 0.2) is 43.0 Å². The van der Waals surface area contributed by atoms with E-state index in [4.69, 9.17) is 0 Å². The number of rotatable bonds is 6. The summed E-state index contributed by atoms with van der Waals surface area (Å²) in [6.45, 7) is 6.77. The number of aromatic nitrogens is 2. The third-order valence-corrected chi connectivity index (χ3v) is 4.58. The van der Waals surface area contributed by atoms with Gasteiger partial charge in [-0.1, -0.05) is 38.1 Å². The fourth-order valence-electron chi connectivity index (χ4n) is 3.22. The summed E-state index contributed by atoms with van der Waals surface area (Å²) in [5.74, 6) is 0.651. The second-order valence-corrected chi connectivity index (χ2v) is 7.09. The van der Waals surface area contributed by atoms with Crippen LogP contribution in [0, 0.1) is 5.92 Å². The summed E-state index contributed by atoms with van der Waals surface area (Å²) in [6.07, 6.45) is 7.20. The molecule has 0 radical (unpaired) electrons. The minimum Gasteiger partial charge on any atom is -0.354 e. The zero-order valence-corrected chi connectivity index (χ0v) is 15.0. The van der Waals surface area contributed by atoms with Gasteiger partial charge in [-0.15, -0.1) is 0 Å². The van der Waals surface area contributed by atoms with E-state index in [1.807, 2.05) is 12.4 Å². The molecule has 1 aromatic carbocycles. The van der Waals surface area contributed by atoms with Crippen molar-refractivity contribution in [2.24, 2.45) is 5.92 Å². The third kappa shape index (κ3) is 4.63. The van der Waals surface area contributed by atoms with E-state index in [9.17, 15) is 4.79 Å². The van der Waals surface area contributed by atoms with Crippen LogP contribution in [0.25, 0.3) is 11.1 Å². The summed E-state index contributed by atoms with van der Waals surface area (Å²) in [4.78, 5) is 22.8. The van der Waals surface area contributed by atoms with Gasteiger partial charge in [-0.25, -0.2) is 9.97 Å². The maximum absolute atomic E-state index is 12.4. The number of carbonyl (C=O) groups excluding carboxylic acids is 1. The van der Waals surface area contributed by atoms with E-state index < -0.39 is 0 Å². The van der Waals surface area contributed by atoms with E-state index in [0.717, 1.165) is 43.6 Å². The lowest BCUT2D eigenvalue weighted by Crippen LogP contribution is -2.43. The second kappa shape index (κ2) is 8.21. The number of hydrogen-bond donors (Lipinski definition) is 1. The van der Waals surface area contributed by atoms with Crippen molar-refractivity contribution in [3.63, 3.8) is 0 Å². The Balaban J connectivity index is 1.62. The van der Waals surface area contributed by atoms with Crippen molar-refractivity contribution in [2.75, 3.05) is 13.1 Å². The van der Waals surface area contributed by atoms with Crippen LogP contribution < -0.4 is 5.32 Å². The van der Waals surface area contributed by atoms with Crippen LogP contribution >= 0.6 is 0 Å². The fourth-order valence-corrected chi connectivity index (χ4v) is 3.22. The van der Waals surface area contributed by atoms with Crippen LogP contribution in [-0.2, 0) is 11.3 Å². The standard InChI is InChI=1S/C20H26N4O/c1-15(2)10-23-20(25)19-4-3-9-24(19)13-16-5-7-17(8-6-16)18-11-21-14-22-12-18/h5-8,11-12,14-15,19H,3-4,9-10,13H2,1-2H3,(H,23,25). The summed E-state index contributed by atoms with van der Waals surface area (Å²) in [7, 11) is 0. The van der Waals surface area contributed by atoms with Gasteiger partial charge in [0.15, 0.2) is 0 Å². The molecule has 25 heavy (non-hydrogen) atoms. The van der Waals surface area contributed by atoms with Crippen molar-refractivity contribution in [2.45, 2.75) is 39.3 Å². The molecule has 5 heteroatoms. The Kier molecular flexibility index (Phi) is 5.76. The first-order valence-corrected chi connectivity index (χ1v) is 8.99. The Bertz CT molecular complexity index is 685. The summed E-state index contributed by atoms with van der Waals surface area (Å²) >= 11 is 0. The van der Waals surface area contributed by atoms with Crippen molar-refractivity contribution >= 4 is 5.91 Å². The molecular formula is C20H26N4O. The smallest absolute Gasteiger partial charge is 0.237 e. The Morgan fingerprint density at radius 1 is 1.20 bits per heavy atom. The van der Waals surface area contributed by atoms with Crippen LogP contribution in [-0.4, -0.2) is 39.9 Å². The van der Waals surface area contributed by atoms with Gasteiger partial charge >= 0.3 is 0 Å². The molecule has 0 bridgehead atoms. The summed E-state index contributed by atoms with van der Waals surface area (Å²) in [5.41, 5.74) is 3.35. The molecule has 2 aromatic rings. The molecule has 1 fully saturated rings. The molecule has 1 atom stereocenters. The average Bonchev–Trinajstić information content (AvgIpc) is 3.09. The molecule has 5 nitrogen and oxygen atoms in total. The van der Waals surface area contributed by atoms with Crippen molar-refractivity contribution in [3.05, 3.63) is 48.5 Å². The lowest BCUT2D eigenvalue weighted by molar-refractivity contribution is -0.125. The van der Waals surface area contributed by atoms with Crippen LogP contribution in [0.2, 0.25) is 0 Å². The normalized spacial score (nSPS) is 17.8. The molecule has 1 N–H and O–H groups in total. The first-order valence-electron chi connectivity index (χ1n) is 8.99. The summed E-state index contributed by atoms with van der Waals surface area (Å²) < 4.78 is 0. The van der Waals surface area contributed by atoms with Gasteiger partial charge in [-0.05, 0) is 36.4 Å². The molecule has 1 unspecified atom stereocenters. The third-order valence-electron chi connectivity index (χ3n) is 4.58. The Morgan fingerprint density at radius 3 is 2.60 bits per heavy atom.